The van der Waals surface area contributed by atoms with Gasteiger partial charge in [0.15, 0.2) is 6.10 Å². The van der Waals surface area contributed by atoms with Crippen molar-refractivity contribution in [2.24, 2.45) is 5.73 Å². The van der Waals surface area contributed by atoms with Gasteiger partial charge in [0, 0.05) is 6.04 Å². The lowest BCUT2D eigenvalue weighted by atomic mass is 10.2. The first-order valence-corrected chi connectivity index (χ1v) is 2.22. The SMILES string of the molecule is CC(N)C(O)C(=O)O. The van der Waals surface area contributed by atoms with E-state index in [0.29, 0.717) is 0 Å². The molecule has 4 heteroatoms. The number of carboxylic acid groups (broad SMARTS) is 1. The van der Waals surface area contributed by atoms with Gasteiger partial charge in [-0.2, -0.15) is 0 Å². The molecule has 0 spiro atoms. The van der Waals surface area contributed by atoms with Crippen molar-refractivity contribution in [1.82, 2.24) is 0 Å². The first-order valence-electron chi connectivity index (χ1n) is 2.22. The Morgan fingerprint density at radius 1 is 1.75 bits per heavy atom. The molecule has 0 aromatic rings. The van der Waals surface area contributed by atoms with Gasteiger partial charge in [-0.15, -0.1) is 0 Å². The molecule has 4 nitrogen and oxygen atoms in total. The van der Waals surface area contributed by atoms with Crippen LogP contribution in [0.4, 0.5) is 0 Å². The van der Waals surface area contributed by atoms with E-state index in [1.807, 2.05) is 0 Å². The van der Waals surface area contributed by atoms with Crippen LogP contribution in [-0.4, -0.2) is 28.3 Å². The molecular weight excluding hydrogens is 110 g/mol. The molecule has 0 aliphatic carbocycles. The zero-order valence-electron chi connectivity index (χ0n) is 4.53. The number of hydrogen-bond donors (Lipinski definition) is 3. The van der Waals surface area contributed by atoms with Crippen LogP contribution in [0.1, 0.15) is 6.92 Å². The standard InChI is InChI=1S/C4H9NO3/c1-2(5)3(6)4(7)8/h2-3,6H,5H2,1H3,(H,7,8). The van der Waals surface area contributed by atoms with Gasteiger partial charge in [0.05, 0.1) is 0 Å². The monoisotopic (exact) mass is 119 g/mol. The van der Waals surface area contributed by atoms with Crippen LogP contribution >= 0.6 is 0 Å². The predicted octanol–water partition coefficient (Wildman–Crippen LogP) is -1.22. The van der Waals surface area contributed by atoms with Crippen LogP contribution in [0.25, 0.3) is 0 Å². The first kappa shape index (κ1) is 7.39. The summed E-state index contributed by atoms with van der Waals surface area (Å²) < 4.78 is 0. The number of aliphatic carboxylic acids is 1. The number of aliphatic hydroxyl groups excluding tert-OH is 1. The van der Waals surface area contributed by atoms with E-state index in [1.54, 1.807) is 0 Å². The number of nitrogens with two attached hydrogens (primary N) is 1. The van der Waals surface area contributed by atoms with Crippen LogP contribution in [0, 0.1) is 0 Å². The van der Waals surface area contributed by atoms with E-state index in [9.17, 15) is 4.79 Å². The average Bonchev–Trinajstić information content (AvgIpc) is 1.64. The van der Waals surface area contributed by atoms with Crippen LogP contribution in [0.5, 0.6) is 0 Å². The summed E-state index contributed by atoms with van der Waals surface area (Å²) in [5.74, 6) is -1.28. The Hall–Kier alpha value is -0.610. The maximum absolute atomic E-state index is 9.81. The van der Waals surface area contributed by atoms with E-state index < -0.39 is 18.1 Å². The maximum Gasteiger partial charge on any atom is 0.334 e. The Morgan fingerprint density at radius 2 is 2.12 bits per heavy atom. The summed E-state index contributed by atoms with van der Waals surface area (Å²) in [6.07, 6.45) is -1.44. The Morgan fingerprint density at radius 3 is 2.12 bits per heavy atom. The van der Waals surface area contributed by atoms with Crippen molar-refractivity contribution in [3.8, 4) is 0 Å². The Balaban J connectivity index is 3.64. The van der Waals surface area contributed by atoms with Gasteiger partial charge >= 0.3 is 5.97 Å². The summed E-state index contributed by atoms with van der Waals surface area (Å²) in [5.41, 5.74) is 5.01. The van der Waals surface area contributed by atoms with Crippen molar-refractivity contribution >= 4 is 5.97 Å². The van der Waals surface area contributed by atoms with Crippen molar-refractivity contribution in [3.63, 3.8) is 0 Å². The van der Waals surface area contributed by atoms with Crippen molar-refractivity contribution < 1.29 is 15.0 Å². The third kappa shape index (κ3) is 1.90. The van der Waals surface area contributed by atoms with Crippen LogP contribution in [0.15, 0.2) is 0 Å². The van der Waals surface area contributed by atoms with Crippen LogP contribution in [-0.2, 0) is 4.79 Å². The third-order valence-corrected chi connectivity index (χ3v) is 0.751. The fourth-order valence-electron chi connectivity index (χ4n) is 0.225. The Kier molecular flexibility index (Phi) is 2.44. The highest BCUT2D eigenvalue weighted by atomic mass is 16.4. The van der Waals surface area contributed by atoms with E-state index in [2.05, 4.69) is 0 Å². The maximum atomic E-state index is 9.81. The van der Waals surface area contributed by atoms with Crippen molar-refractivity contribution in [2.45, 2.75) is 19.1 Å². The second-order valence-electron chi connectivity index (χ2n) is 1.64. The van der Waals surface area contributed by atoms with E-state index in [4.69, 9.17) is 15.9 Å². The molecule has 0 saturated heterocycles. The molecule has 48 valence electrons. The molecule has 0 aromatic carbocycles. The molecule has 0 rings (SSSR count). The molecule has 8 heavy (non-hydrogen) atoms. The Bertz CT molecular complexity index is 91.3. The molecule has 2 unspecified atom stereocenters. The van der Waals surface area contributed by atoms with E-state index >= 15 is 0 Å². The fraction of sp³-hybridized carbons (Fsp3) is 0.750. The highest BCUT2D eigenvalue weighted by Crippen LogP contribution is 1.86. The van der Waals surface area contributed by atoms with Gasteiger partial charge in [-0.25, -0.2) is 4.79 Å². The summed E-state index contributed by atoms with van der Waals surface area (Å²) in [5, 5.41) is 16.5. The van der Waals surface area contributed by atoms with E-state index in [0.717, 1.165) is 0 Å². The normalized spacial score (nSPS) is 17.4. The summed E-state index contributed by atoms with van der Waals surface area (Å²) in [6, 6.07) is -0.701. The Labute approximate surface area is 46.9 Å². The summed E-state index contributed by atoms with van der Waals surface area (Å²) in [6.45, 7) is 1.43. The van der Waals surface area contributed by atoms with Gasteiger partial charge in [-0.1, -0.05) is 0 Å². The molecule has 0 fully saturated rings. The van der Waals surface area contributed by atoms with Gasteiger partial charge in [0.1, 0.15) is 0 Å². The molecule has 4 N–H and O–H groups in total. The quantitative estimate of drug-likeness (QED) is 0.425. The summed E-state index contributed by atoms with van der Waals surface area (Å²) in [4.78, 5) is 9.81. The molecule has 0 saturated carbocycles. The molecule has 0 aromatic heterocycles. The van der Waals surface area contributed by atoms with Crippen molar-refractivity contribution in [3.05, 3.63) is 0 Å². The molecular formula is C4H9NO3. The van der Waals surface area contributed by atoms with Crippen molar-refractivity contribution in [1.29, 1.82) is 0 Å². The number of aliphatic hydroxyl groups is 1. The first-order chi connectivity index (χ1) is 3.55. The zero-order valence-corrected chi connectivity index (χ0v) is 4.53. The van der Waals surface area contributed by atoms with Crippen LogP contribution < -0.4 is 5.73 Å². The third-order valence-electron chi connectivity index (χ3n) is 0.751. The van der Waals surface area contributed by atoms with Gasteiger partial charge in [0.25, 0.3) is 0 Å². The summed E-state index contributed by atoms with van der Waals surface area (Å²) >= 11 is 0. The highest BCUT2D eigenvalue weighted by Gasteiger charge is 2.16. The van der Waals surface area contributed by atoms with Crippen molar-refractivity contribution in [2.75, 3.05) is 0 Å². The fourth-order valence-corrected chi connectivity index (χ4v) is 0.225. The second kappa shape index (κ2) is 2.64. The van der Waals surface area contributed by atoms with Gasteiger partial charge in [-0.3, -0.25) is 0 Å². The minimum absolute atomic E-state index is 0.701. The predicted molar refractivity (Wildman–Crippen MR) is 27.3 cm³/mol. The van der Waals surface area contributed by atoms with Gasteiger partial charge < -0.3 is 15.9 Å². The van der Waals surface area contributed by atoms with Gasteiger partial charge in [0.2, 0.25) is 0 Å². The second-order valence-corrected chi connectivity index (χ2v) is 1.64. The van der Waals surface area contributed by atoms with Crippen LogP contribution in [0.3, 0.4) is 0 Å². The number of hydrogen-bond acceptors (Lipinski definition) is 3. The molecule has 0 bridgehead atoms. The zero-order chi connectivity index (χ0) is 6.73. The lowest BCUT2D eigenvalue weighted by Crippen LogP contribution is -2.37. The minimum Gasteiger partial charge on any atom is -0.479 e. The molecule has 0 radical (unpaired) electrons. The minimum atomic E-state index is -1.44. The average molecular weight is 119 g/mol. The summed E-state index contributed by atoms with van der Waals surface area (Å²) in [7, 11) is 0. The molecule has 0 aliphatic heterocycles. The molecule has 0 aliphatic rings. The number of rotatable bonds is 2. The number of carbonyl (C=O) groups is 1. The number of carboxylic acids is 1. The van der Waals surface area contributed by atoms with Crippen LogP contribution in [0.2, 0.25) is 0 Å². The lowest BCUT2D eigenvalue weighted by Gasteiger charge is -2.06. The van der Waals surface area contributed by atoms with Gasteiger partial charge in [-0.05, 0) is 6.92 Å². The molecule has 0 heterocycles. The highest BCUT2D eigenvalue weighted by molar-refractivity contribution is 5.72. The smallest absolute Gasteiger partial charge is 0.334 e. The lowest BCUT2D eigenvalue weighted by molar-refractivity contribution is -0.147. The topological polar surface area (TPSA) is 83.5 Å². The largest absolute Gasteiger partial charge is 0.479 e. The molecule has 2 atom stereocenters. The van der Waals surface area contributed by atoms with E-state index in [1.165, 1.54) is 6.92 Å². The molecule has 0 amide bonds. The van der Waals surface area contributed by atoms with E-state index in [-0.39, 0.29) is 0 Å².